The minimum absolute atomic E-state index is 0.263. The third-order valence-corrected chi connectivity index (χ3v) is 4.17. The van der Waals surface area contributed by atoms with Gasteiger partial charge in [0.2, 0.25) is 0 Å². The zero-order chi connectivity index (χ0) is 18.9. The zero-order valence-corrected chi connectivity index (χ0v) is 14.1. The number of hydrogen-bond donors (Lipinski definition) is 0. The number of halogens is 3. The molecular formula is C22H14F3NO. The number of aromatic nitrogens is 1. The number of hydrogen-bond acceptors (Lipinski definition) is 2. The fraction of sp³-hybridized carbons (Fsp3) is 0.0455. The molecule has 0 unspecified atom stereocenters. The molecule has 0 amide bonds. The Morgan fingerprint density at radius 2 is 1.33 bits per heavy atom. The van der Waals surface area contributed by atoms with E-state index in [1.807, 2.05) is 66.7 Å². The maximum Gasteiger partial charge on any atom is 0.573 e. The average Bonchev–Trinajstić information content (AvgIpc) is 2.67. The topological polar surface area (TPSA) is 22.1 Å². The van der Waals surface area contributed by atoms with Gasteiger partial charge in [-0.15, -0.1) is 13.2 Å². The number of ether oxygens (including phenoxy) is 1. The van der Waals surface area contributed by atoms with E-state index >= 15 is 0 Å². The molecule has 0 N–H and O–H groups in total. The monoisotopic (exact) mass is 365 g/mol. The SMILES string of the molecule is FC(F)(F)Oc1ccc2nc(-c3ccccc3)cc(-c3ccccc3)c2c1. The Balaban J connectivity index is 1.94. The van der Waals surface area contributed by atoms with E-state index in [1.54, 1.807) is 6.07 Å². The molecule has 5 heteroatoms. The largest absolute Gasteiger partial charge is 0.573 e. The predicted molar refractivity (Wildman–Crippen MR) is 99.3 cm³/mol. The quantitative estimate of drug-likeness (QED) is 0.415. The summed E-state index contributed by atoms with van der Waals surface area (Å²) in [5, 5.41) is 0.600. The van der Waals surface area contributed by atoms with E-state index in [2.05, 4.69) is 9.72 Å². The molecule has 0 fully saturated rings. The first-order chi connectivity index (χ1) is 13.0. The standard InChI is InChI=1S/C22H14F3NO/c23-22(24,25)27-17-11-12-20-19(13-17)18(15-7-3-1-4-8-15)14-21(26-20)16-9-5-2-6-10-16/h1-14H. The lowest BCUT2D eigenvalue weighted by molar-refractivity contribution is -0.274. The minimum Gasteiger partial charge on any atom is -0.406 e. The molecule has 1 heterocycles. The van der Waals surface area contributed by atoms with Crippen LogP contribution in [0.15, 0.2) is 84.9 Å². The van der Waals surface area contributed by atoms with Crippen LogP contribution in [-0.4, -0.2) is 11.3 Å². The zero-order valence-electron chi connectivity index (χ0n) is 14.1. The van der Waals surface area contributed by atoms with Crippen LogP contribution in [0.5, 0.6) is 5.75 Å². The average molecular weight is 365 g/mol. The van der Waals surface area contributed by atoms with E-state index < -0.39 is 6.36 Å². The molecule has 0 atom stereocenters. The van der Waals surface area contributed by atoms with E-state index in [0.29, 0.717) is 10.9 Å². The Labute approximate surface area is 153 Å². The van der Waals surface area contributed by atoms with Gasteiger partial charge >= 0.3 is 6.36 Å². The summed E-state index contributed by atoms with van der Waals surface area (Å²) in [6.45, 7) is 0. The second-order valence-corrected chi connectivity index (χ2v) is 6.01. The van der Waals surface area contributed by atoms with Crippen molar-refractivity contribution in [2.75, 3.05) is 0 Å². The van der Waals surface area contributed by atoms with E-state index in [4.69, 9.17) is 0 Å². The number of rotatable bonds is 3. The molecule has 2 nitrogen and oxygen atoms in total. The van der Waals surface area contributed by atoms with Crippen LogP contribution in [-0.2, 0) is 0 Å². The van der Waals surface area contributed by atoms with Crippen molar-refractivity contribution in [3.63, 3.8) is 0 Å². The highest BCUT2D eigenvalue weighted by atomic mass is 19.4. The van der Waals surface area contributed by atoms with Gasteiger partial charge in [0.1, 0.15) is 5.75 Å². The van der Waals surface area contributed by atoms with Crippen LogP contribution >= 0.6 is 0 Å². The molecule has 27 heavy (non-hydrogen) atoms. The fourth-order valence-corrected chi connectivity index (χ4v) is 3.02. The summed E-state index contributed by atoms with van der Waals surface area (Å²) in [6.07, 6.45) is -4.74. The van der Waals surface area contributed by atoms with Gasteiger partial charge in [0.15, 0.2) is 0 Å². The van der Waals surface area contributed by atoms with E-state index in [0.717, 1.165) is 22.4 Å². The molecule has 4 aromatic rings. The molecule has 0 saturated carbocycles. The van der Waals surface area contributed by atoms with Crippen molar-refractivity contribution in [1.29, 1.82) is 0 Å². The summed E-state index contributed by atoms with van der Waals surface area (Å²) < 4.78 is 41.9. The Hall–Kier alpha value is -3.34. The molecule has 0 radical (unpaired) electrons. The first kappa shape index (κ1) is 17.1. The van der Waals surface area contributed by atoms with Crippen molar-refractivity contribution < 1.29 is 17.9 Å². The first-order valence-corrected chi connectivity index (χ1v) is 8.31. The highest BCUT2D eigenvalue weighted by Crippen LogP contribution is 2.35. The summed E-state index contributed by atoms with van der Waals surface area (Å²) in [4.78, 5) is 4.63. The number of alkyl halides is 3. The van der Waals surface area contributed by atoms with Crippen LogP contribution in [0.4, 0.5) is 13.2 Å². The Kier molecular flexibility index (Phi) is 4.28. The van der Waals surface area contributed by atoms with Crippen LogP contribution in [0.2, 0.25) is 0 Å². The second-order valence-electron chi connectivity index (χ2n) is 6.01. The summed E-state index contributed by atoms with van der Waals surface area (Å²) >= 11 is 0. The van der Waals surface area contributed by atoms with Crippen molar-refractivity contribution in [3.8, 4) is 28.1 Å². The van der Waals surface area contributed by atoms with Crippen molar-refractivity contribution in [1.82, 2.24) is 4.98 Å². The lowest BCUT2D eigenvalue weighted by atomic mass is 9.98. The van der Waals surface area contributed by atoms with Gasteiger partial charge in [-0.2, -0.15) is 0 Å². The molecule has 3 aromatic carbocycles. The lowest BCUT2D eigenvalue weighted by Gasteiger charge is -2.13. The molecule has 0 aliphatic carbocycles. The molecule has 0 aliphatic heterocycles. The molecule has 4 rings (SSSR count). The van der Waals surface area contributed by atoms with Gasteiger partial charge in [0.05, 0.1) is 11.2 Å². The summed E-state index contributed by atoms with van der Waals surface area (Å²) in [7, 11) is 0. The molecule has 0 bridgehead atoms. The van der Waals surface area contributed by atoms with Gasteiger partial charge in [0.25, 0.3) is 0 Å². The summed E-state index contributed by atoms with van der Waals surface area (Å²) in [6, 6.07) is 25.3. The Morgan fingerprint density at radius 3 is 1.96 bits per heavy atom. The fourth-order valence-electron chi connectivity index (χ4n) is 3.02. The molecule has 134 valence electrons. The number of nitrogens with zero attached hydrogens (tertiary/aromatic N) is 1. The predicted octanol–water partition coefficient (Wildman–Crippen LogP) is 6.47. The molecule has 0 spiro atoms. The van der Waals surface area contributed by atoms with Crippen molar-refractivity contribution in [3.05, 3.63) is 84.9 Å². The molecular weight excluding hydrogens is 351 g/mol. The van der Waals surface area contributed by atoms with E-state index in [1.165, 1.54) is 12.1 Å². The van der Waals surface area contributed by atoms with Gasteiger partial charge < -0.3 is 4.74 Å². The number of benzene rings is 3. The van der Waals surface area contributed by atoms with Crippen LogP contribution in [0.3, 0.4) is 0 Å². The Bertz CT molecular complexity index is 1080. The van der Waals surface area contributed by atoms with E-state index in [-0.39, 0.29) is 5.75 Å². The van der Waals surface area contributed by atoms with Crippen molar-refractivity contribution in [2.24, 2.45) is 0 Å². The van der Waals surface area contributed by atoms with Crippen LogP contribution < -0.4 is 4.74 Å². The first-order valence-electron chi connectivity index (χ1n) is 8.31. The van der Waals surface area contributed by atoms with Gasteiger partial charge in [-0.25, -0.2) is 4.98 Å². The molecule has 0 saturated heterocycles. The molecule has 0 aliphatic rings. The van der Waals surface area contributed by atoms with Gasteiger partial charge in [-0.05, 0) is 35.4 Å². The number of pyridine rings is 1. The smallest absolute Gasteiger partial charge is 0.406 e. The highest BCUT2D eigenvalue weighted by molar-refractivity contribution is 5.97. The van der Waals surface area contributed by atoms with Crippen molar-refractivity contribution in [2.45, 2.75) is 6.36 Å². The van der Waals surface area contributed by atoms with Crippen LogP contribution in [0, 0.1) is 0 Å². The second kappa shape index (κ2) is 6.76. The van der Waals surface area contributed by atoms with Crippen molar-refractivity contribution >= 4 is 10.9 Å². The number of fused-ring (bicyclic) bond motifs is 1. The van der Waals surface area contributed by atoms with Gasteiger partial charge in [0, 0.05) is 10.9 Å². The minimum atomic E-state index is -4.74. The third kappa shape index (κ3) is 3.77. The highest BCUT2D eigenvalue weighted by Gasteiger charge is 2.31. The van der Waals surface area contributed by atoms with Crippen LogP contribution in [0.1, 0.15) is 0 Å². The Morgan fingerprint density at radius 1 is 0.704 bits per heavy atom. The third-order valence-electron chi connectivity index (χ3n) is 4.17. The summed E-state index contributed by atoms with van der Waals surface area (Å²) in [5.74, 6) is -0.263. The maximum atomic E-state index is 12.6. The maximum absolute atomic E-state index is 12.6. The molecule has 1 aromatic heterocycles. The van der Waals surface area contributed by atoms with Crippen LogP contribution in [0.25, 0.3) is 33.3 Å². The van der Waals surface area contributed by atoms with E-state index in [9.17, 15) is 13.2 Å². The summed E-state index contributed by atoms with van der Waals surface area (Å²) in [5.41, 5.74) is 3.99. The normalized spacial score (nSPS) is 11.5. The lowest BCUT2D eigenvalue weighted by Crippen LogP contribution is -2.17. The van der Waals surface area contributed by atoms with Gasteiger partial charge in [-0.3, -0.25) is 0 Å². The van der Waals surface area contributed by atoms with Gasteiger partial charge in [-0.1, -0.05) is 60.7 Å².